The standard InChI is InChI=1S/C24H29N9O3S/c1-16(15-35)26-23-27-19(13-20(29-23)33-9-7-32(8-10-33)11-12-34)28-24-25-14-18(37-24)22-31-30-21(36-22)17-5-3-2-4-6-17/h2-6,13-14,16,34-35H,7-12,15H2,1H3,(H2,25,26,27,28,29). The molecule has 5 rings (SSSR count). The fraction of sp³-hybridized carbons (Fsp3) is 0.375. The van der Waals surface area contributed by atoms with Crippen LogP contribution >= 0.6 is 11.3 Å². The van der Waals surface area contributed by atoms with Gasteiger partial charge in [-0.2, -0.15) is 9.97 Å². The smallest absolute Gasteiger partial charge is 0.259 e. The Bertz CT molecular complexity index is 1290. The van der Waals surface area contributed by atoms with E-state index in [1.807, 2.05) is 43.3 Å². The highest BCUT2D eigenvalue weighted by molar-refractivity contribution is 7.18. The number of thiazole rings is 1. The molecule has 1 fully saturated rings. The minimum atomic E-state index is -0.202. The Labute approximate surface area is 218 Å². The highest BCUT2D eigenvalue weighted by Crippen LogP contribution is 2.32. The molecule has 1 saturated heterocycles. The molecule has 1 aliphatic heterocycles. The normalized spacial score (nSPS) is 15.1. The van der Waals surface area contributed by atoms with Crippen LogP contribution in [0.1, 0.15) is 6.92 Å². The Morgan fingerprint density at radius 1 is 1.05 bits per heavy atom. The van der Waals surface area contributed by atoms with Crippen LogP contribution in [-0.2, 0) is 0 Å². The van der Waals surface area contributed by atoms with E-state index < -0.39 is 0 Å². The van der Waals surface area contributed by atoms with Gasteiger partial charge in [-0.15, -0.1) is 10.2 Å². The Morgan fingerprint density at radius 2 is 1.84 bits per heavy atom. The van der Waals surface area contributed by atoms with Crippen LogP contribution in [0.25, 0.3) is 22.2 Å². The number of nitrogens with zero attached hydrogens (tertiary/aromatic N) is 7. The van der Waals surface area contributed by atoms with Crippen LogP contribution in [-0.4, -0.2) is 92.2 Å². The molecule has 0 radical (unpaired) electrons. The molecule has 13 heteroatoms. The van der Waals surface area contributed by atoms with E-state index in [-0.39, 0.29) is 19.3 Å². The van der Waals surface area contributed by atoms with E-state index >= 15 is 0 Å². The molecule has 4 heterocycles. The van der Waals surface area contributed by atoms with E-state index in [0.717, 1.165) is 42.4 Å². The molecule has 4 N–H and O–H groups in total. The van der Waals surface area contributed by atoms with Crippen molar-refractivity contribution < 1.29 is 14.6 Å². The number of hydrogen-bond donors (Lipinski definition) is 4. The number of aromatic nitrogens is 5. The summed E-state index contributed by atoms with van der Waals surface area (Å²) in [5.74, 6) is 2.61. The second-order valence-corrected chi connectivity index (χ2v) is 9.68. The summed E-state index contributed by atoms with van der Waals surface area (Å²) in [6.45, 7) is 5.90. The minimum absolute atomic E-state index is 0.0405. The third-order valence-electron chi connectivity index (χ3n) is 5.87. The van der Waals surface area contributed by atoms with E-state index in [2.05, 4.69) is 45.6 Å². The molecule has 0 bridgehead atoms. The zero-order valence-electron chi connectivity index (χ0n) is 20.4. The maximum absolute atomic E-state index is 9.49. The molecule has 0 saturated carbocycles. The number of nitrogens with one attached hydrogen (secondary N) is 2. The van der Waals surface area contributed by atoms with Gasteiger partial charge in [-0.25, -0.2) is 4.98 Å². The van der Waals surface area contributed by atoms with Gasteiger partial charge in [0.25, 0.3) is 5.89 Å². The number of anilines is 4. The van der Waals surface area contributed by atoms with E-state index in [4.69, 9.17) is 4.42 Å². The Morgan fingerprint density at radius 3 is 2.59 bits per heavy atom. The molecule has 194 valence electrons. The van der Waals surface area contributed by atoms with Crippen molar-refractivity contribution in [1.29, 1.82) is 0 Å². The molecule has 1 aliphatic rings. The van der Waals surface area contributed by atoms with Crippen LogP contribution in [0.4, 0.5) is 22.7 Å². The molecular formula is C24H29N9O3S. The van der Waals surface area contributed by atoms with Crippen LogP contribution < -0.4 is 15.5 Å². The molecule has 3 aromatic heterocycles. The highest BCUT2D eigenvalue weighted by atomic mass is 32.1. The fourth-order valence-corrected chi connectivity index (χ4v) is 4.64. The van der Waals surface area contributed by atoms with Crippen molar-refractivity contribution in [3.63, 3.8) is 0 Å². The van der Waals surface area contributed by atoms with Crippen molar-refractivity contribution >= 4 is 34.1 Å². The maximum atomic E-state index is 9.49. The van der Waals surface area contributed by atoms with Crippen molar-refractivity contribution in [3.8, 4) is 22.2 Å². The second-order valence-electron chi connectivity index (χ2n) is 8.65. The summed E-state index contributed by atoms with van der Waals surface area (Å²) >= 11 is 1.38. The zero-order chi connectivity index (χ0) is 25.6. The van der Waals surface area contributed by atoms with Crippen molar-refractivity contribution in [1.82, 2.24) is 30.0 Å². The van der Waals surface area contributed by atoms with Crippen molar-refractivity contribution in [2.75, 3.05) is 61.5 Å². The first-order valence-electron chi connectivity index (χ1n) is 12.1. The van der Waals surface area contributed by atoms with E-state index in [1.165, 1.54) is 11.3 Å². The van der Waals surface area contributed by atoms with Crippen LogP contribution in [0.15, 0.2) is 47.0 Å². The van der Waals surface area contributed by atoms with Crippen molar-refractivity contribution in [3.05, 3.63) is 42.6 Å². The Kier molecular flexibility index (Phi) is 7.84. The Hall–Kier alpha value is -3.65. The number of benzene rings is 1. The van der Waals surface area contributed by atoms with Crippen molar-refractivity contribution in [2.45, 2.75) is 13.0 Å². The molecule has 12 nitrogen and oxygen atoms in total. The molecule has 0 spiro atoms. The van der Waals surface area contributed by atoms with E-state index in [0.29, 0.717) is 35.2 Å². The van der Waals surface area contributed by atoms with Gasteiger partial charge < -0.3 is 30.2 Å². The van der Waals surface area contributed by atoms with Gasteiger partial charge in [-0.3, -0.25) is 4.90 Å². The lowest BCUT2D eigenvalue weighted by Gasteiger charge is -2.35. The van der Waals surface area contributed by atoms with Gasteiger partial charge >= 0.3 is 0 Å². The lowest BCUT2D eigenvalue weighted by atomic mass is 10.2. The quantitative estimate of drug-likeness (QED) is 0.242. The number of β-amino-alcohol motifs (C(OH)–C–C–N with tert-alkyl or cyclic N) is 1. The van der Waals surface area contributed by atoms with Gasteiger partial charge in [0.05, 0.1) is 19.4 Å². The molecule has 1 aromatic carbocycles. The summed E-state index contributed by atoms with van der Waals surface area (Å²) in [6, 6.07) is 11.3. The average molecular weight is 524 g/mol. The maximum Gasteiger partial charge on any atom is 0.259 e. The number of aliphatic hydroxyl groups is 2. The topological polar surface area (TPSA) is 149 Å². The van der Waals surface area contributed by atoms with Gasteiger partial charge in [0.2, 0.25) is 11.8 Å². The van der Waals surface area contributed by atoms with Crippen LogP contribution in [0.3, 0.4) is 0 Å². The predicted molar refractivity (Wildman–Crippen MR) is 142 cm³/mol. The molecule has 4 aromatic rings. The summed E-state index contributed by atoms with van der Waals surface area (Å²) in [6.07, 6.45) is 1.69. The van der Waals surface area contributed by atoms with Gasteiger partial charge in [-0.05, 0) is 19.1 Å². The summed E-state index contributed by atoms with van der Waals surface area (Å²) in [4.78, 5) is 18.9. The molecule has 1 unspecified atom stereocenters. The van der Waals surface area contributed by atoms with E-state index in [1.54, 1.807) is 6.20 Å². The van der Waals surface area contributed by atoms with Crippen LogP contribution in [0, 0.1) is 0 Å². The van der Waals surface area contributed by atoms with Gasteiger partial charge in [-0.1, -0.05) is 29.5 Å². The lowest BCUT2D eigenvalue weighted by Crippen LogP contribution is -2.47. The van der Waals surface area contributed by atoms with Gasteiger partial charge in [0.15, 0.2) is 5.13 Å². The molecule has 0 amide bonds. The fourth-order valence-electron chi connectivity index (χ4n) is 3.89. The molecular weight excluding hydrogens is 494 g/mol. The third kappa shape index (κ3) is 6.20. The average Bonchev–Trinajstić information content (AvgIpc) is 3.60. The first-order valence-corrected chi connectivity index (χ1v) is 12.9. The highest BCUT2D eigenvalue weighted by Gasteiger charge is 2.20. The van der Waals surface area contributed by atoms with Crippen molar-refractivity contribution in [2.24, 2.45) is 0 Å². The lowest BCUT2D eigenvalue weighted by molar-refractivity contribution is 0.188. The van der Waals surface area contributed by atoms with E-state index in [9.17, 15) is 10.2 Å². The minimum Gasteiger partial charge on any atom is -0.415 e. The third-order valence-corrected chi connectivity index (χ3v) is 6.77. The van der Waals surface area contributed by atoms with Crippen LogP contribution in [0.2, 0.25) is 0 Å². The first kappa shape index (κ1) is 25.0. The summed E-state index contributed by atoms with van der Waals surface area (Å²) < 4.78 is 5.85. The van der Waals surface area contributed by atoms with Gasteiger partial charge in [0, 0.05) is 50.4 Å². The SMILES string of the molecule is CC(CO)Nc1nc(Nc2ncc(-c3nnc(-c4ccccc4)o3)s2)cc(N2CCN(CCO)CC2)n1. The molecule has 1 atom stereocenters. The second kappa shape index (κ2) is 11.6. The molecule has 37 heavy (non-hydrogen) atoms. The summed E-state index contributed by atoms with van der Waals surface area (Å²) in [7, 11) is 0. The monoisotopic (exact) mass is 523 g/mol. The number of rotatable bonds is 10. The number of aliphatic hydroxyl groups excluding tert-OH is 2. The summed E-state index contributed by atoms with van der Waals surface area (Å²) in [5, 5.41) is 34.1. The number of hydrogen-bond acceptors (Lipinski definition) is 13. The zero-order valence-corrected chi connectivity index (χ0v) is 21.2. The Balaban J connectivity index is 1.34. The summed E-state index contributed by atoms with van der Waals surface area (Å²) in [5.41, 5.74) is 0.854. The van der Waals surface area contributed by atoms with Crippen LogP contribution in [0.5, 0.6) is 0 Å². The predicted octanol–water partition coefficient (Wildman–Crippen LogP) is 2.30. The van der Waals surface area contributed by atoms with Gasteiger partial charge in [0.1, 0.15) is 16.5 Å². The number of piperazine rings is 1. The molecule has 0 aliphatic carbocycles. The largest absolute Gasteiger partial charge is 0.415 e. The first-order chi connectivity index (χ1) is 18.1.